The Bertz CT molecular complexity index is 372. The number of benzene rings is 1. The van der Waals surface area contributed by atoms with E-state index in [9.17, 15) is 10.1 Å². The molecule has 0 saturated heterocycles. The summed E-state index contributed by atoms with van der Waals surface area (Å²) in [5.41, 5.74) is 0.512. The zero-order valence-electron chi connectivity index (χ0n) is 8.08. The first-order valence-electron chi connectivity index (χ1n) is 4.14. The fourth-order valence-corrected chi connectivity index (χ4v) is 1.09. The van der Waals surface area contributed by atoms with Crippen molar-refractivity contribution in [2.75, 3.05) is 13.7 Å². The van der Waals surface area contributed by atoms with Gasteiger partial charge in [0.15, 0.2) is 5.71 Å². The third kappa shape index (κ3) is 2.94. The van der Waals surface area contributed by atoms with Crippen molar-refractivity contribution >= 4 is 5.71 Å². The molecule has 0 aliphatic carbocycles. The van der Waals surface area contributed by atoms with E-state index in [0.717, 1.165) is 0 Å². The maximum absolute atomic E-state index is 10.3. The summed E-state index contributed by atoms with van der Waals surface area (Å²) in [6, 6.07) is 6.47. The van der Waals surface area contributed by atoms with Gasteiger partial charge in [0.1, 0.15) is 5.75 Å². The highest BCUT2D eigenvalue weighted by Crippen LogP contribution is 2.12. The zero-order valence-corrected chi connectivity index (χ0v) is 8.08. The van der Waals surface area contributed by atoms with Crippen LogP contribution in [0.4, 0.5) is 0 Å². The highest BCUT2D eigenvalue weighted by atomic mass is 16.6. The predicted molar refractivity (Wildman–Crippen MR) is 53.2 cm³/mol. The molecule has 0 spiro atoms. The lowest BCUT2D eigenvalue weighted by Gasteiger charge is -2.02. The Labute approximate surface area is 85.9 Å². The minimum Gasteiger partial charge on any atom is -0.497 e. The lowest BCUT2D eigenvalue weighted by atomic mass is 10.1. The van der Waals surface area contributed by atoms with Crippen molar-refractivity contribution in [3.63, 3.8) is 0 Å². The van der Waals surface area contributed by atoms with E-state index in [1.54, 1.807) is 24.3 Å². The van der Waals surface area contributed by atoms with Gasteiger partial charge in [0.05, 0.1) is 7.11 Å². The first kappa shape index (κ1) is 11.0. The molecule has 0 amide bonds. The minimum atomic E-state index is -0.556. The summed E-state index contributed by atoms with van der Waals surface area (Å²) in [7, 11) is 1.52. The second-order valence-corrected chi connectivity index (χ2v) is 2.77. The molecular weight excluding hydrogens is 200 g/mol. The molecule has 0 heterocycles. The Morgan fingerprint density at radius 2 is 2.13 bits per heavy atom. The summed E-state index contributed by atoms with van der Waals surface area (Å²) in [6.07, 6.45) is 0. The molecular formula is C9H10N2O4. The quantitative estimate of drug-likeness (QED) is 0.349. The van der Waals surface area contributed by atoms with Gasteiger partial charge in [0, 0.05) is 10.5 Å². The Morgan fingerprint density at radius 3 is 2.53 bits per heavy atom. The van der Waals surface area contributed by atoms with Crippen LogP contribution in [0.25, 0.3) is 0 Å². The first-order chi connectivity index (χ1) is 7.17. The van der Waals surface area contributed by atoms with E-state index in [1.165, 1.54) is 7.11 Å². The molecule has 0 unspecified atom stereocenters. The van der Waals surface area contributed by atoms with Gasteiger partial charge in [-0.25, -0.2) is 0 Å². The molecule has 1 N–H and O–H groups in total. The van der Waals surface area contributed by atoms with Crippen molar-refractivity contribution in [1.82, 2.24) is 0 Å². The molecule has 0 saturated carbocycles. The number of oxime groups is 1. The number of nitro groups is 1. The van der Waals surface area contributed by atoms with Crippen LogP contribution in [0.1, 0.15) is 5.56 Å². The molecule has 0 atom stereocenters. The molecule has 0 fully saturated rings. The summed E-state index contributed by atoms with van der Waals surface area (Å²) >= 11 is 0. The predicted octanol–water partition coefficient (Wildman–Crippen LogP) is 1.15. The fourth-order valence-electron chi connectivity index (χ4n) is 1.09. The second kappa shape index (κ2) is 4.94. The van der Waals surface area contributed by atoms with E-state index in [-0.39, 0.29) is 5.71 Å². The van der Waals surface area contributed by atoms with E-state index < -0.39 is 11.5 Å². The van der Waals surface area contributed by atoms with Crippen LogP contribution in [0.2, 0.25) is 0 Å². The van der Waals surface area contributed by atoms with Gasteiger partial charge in [-0.3, -0.25) is 10.1 Å². The first-order valence-corrected chi connectivity index (χ1v) is 4.14. The molecule has 0 aliphatic heterocycles. The van der Waals surface area contributed by atoms with Crippen molar-refractivity contribution in [1.29, 1.82) is 0 Å². The highest BCUT2D eigenvalue weighted by molar-refractivity contribution is 6.01. The molecule has 1 aromatic rings. The summed E-state index contributed by atoms with van der Waals surface area (Å²) in [4.78, 5) is 9.70. The van der Waals surface area contributed by atoms with E-state index in [0.29, 0.717) is 11.3 Å². The molecule has 0 radical (unpaired) electrons. The summed E-state index contributed by atoms with van der Waals surface area (Å²) < 4.78 is 4.93. The average Bonchev–Trinajstić information content (AvgIpc) is 2.26. The average molecular weight is 210 g/mol. The van der Waals surface area contributed by atoms with E-state index in [4.69, 9.17) is 9.94 Å². The van der Waals surface area contributed by atoms with Gasteiger partial charge >= 0.3 is 0 Å². The van der Waals surface area contributed by atoms with Crippen molar-refractivity contribution in [3.8, 4) is 5.75 Å². The van der Waals surface area contributed by atoms with E-state index in [2.05, 4.69) is 5.16 Å². The lowest BCUT2D eigenvalue weighted by molar-refractivity contribution is -0.463. The van der Waals surface area contributed by atoms with Crippen LogP contribution in [-0.4, -0.2) is 29.5 Å². The normalized spacial score (nSPS) is 11.1. The molecule has 0 bridgehead atoms. The van der Waals surface area contributed by atoms with Gasteiger partial charge in [-0.1, -0.05) is 5.16 Å². The van der Waals surface area contributed by atoms with Crippen LogP contribution in [0.5, 0.6) is 5.75 Å². The van der Waals surface area contributed by atoms with E-state index in [1.807, 2.05) is 0 Å². The van der Waals surface area contributed by atoms with Crippen LogP contribution in [0, 0.1) is 10.1 Å². The molecule has 1 aromatic carbocycles. The minimum absolute atomic E-state index is 0.0163. The van der Waals surface area contributed by atoms with Gasteiger partial charge in [-0.2, -0.15) is 0 Å². The monoisotopic (exact) mass is 210 g/mol. The van der Waals surface area contributed by atoms with E-state index >= 15 is 0 Å². The Hall–Kier alpha value is -2.11. The SMILES string of the molecule is COc1ccc(/C(C[N+](=O)[O-])=N\O)cc1. The van der Waals surface area contributed by atoms with Crippen LogP contribution < -0.4 is 4.74 Å². The third-order valence-electron chi connectivity index (χ3n) is 1.82. The third-order valence-corrected chi connectivity index (χ3v) is 1.82. The Balaban J connectivity index is 2.89. The van der Waals surface area contributed by atoms with Gasteiger partial charge in [-0.15, -0.1) is 0 Å². The highest BCUT2D eigenvalue weighted by Gasteiger charge is 2.10. The Kier molecular flexibility index (Phi) is 3.61. The van der Waals surface area contributed by atoms with Crippen molar-refractivity contribution < 1.29 is 14.9 Å². The summed E-state index contributed by atoms with van der Waals surface area (Å²) in [6.45, 7) is -0.511. The number of ether oxygens (including phenoxy) is 1. The zero-order chi connectivity index (χ0) is 11.3. The van der Waals surface area contributed by atoms with Crippen LogP contribution in [0.15, 0.2) is 29.4 Å². The topological polar surface area (TPSA) is 85.0 Å². The number of rotatable bonds is 4. The molecule has 6 nitrogen and oxygen atoms in total. The van der Waals surface area contributed by atoms with Crippen molar-refractivity contribution in [2.45, 2.75) is 0 Å². The fraction of sp³-hybridized carbons (Fsp3) is 0.222. The summed E-state index contributed by atoms with van der Waals surface area (Å²) in [5, 5.41) is 21.7. The van der Waals surface area contributed by atoms with Gasteiger partial charge < -0.3 is 9.94 Å². The summed E-state index contributed by atoms with van der Waals surface area (Å²) in [5.74, 6) is 0.636. The maximum Gasteiger partial charge on any atom is 0.249 e. The number of hydrogen-bond acceptors (Lipinski definition) is 5. The second-order valence-electron chi connectivity index (χ2n) is 2.77. The molecule has 6 heteroatoms. The molecule has 1 rings (SSSR count). The molecule has 15 heavy (non-hydrogen) atoms. The van der Waals surface area contributed by atoms with Crippen LogP contribution in [0.3, 0.4) is 0 Å². The van der Waals surface area contributed by atoms with Crippen molar-refractivity contribution in [3.05, 3.63) is 39.9 Å². The smallest absolute Gasteiger partial charge is 0.249 e. The molecule has 0 aromatic heterocycles. The van der Waals surface area contributed by atoms with Crippen LogP contribution in [-0.2, 0) is 0 Å². The largest absolute Gasteiger partial charge is 0.497 e. The molecule has 80 valence electrons. The van der Waals surface area contributed by atoms with Gasteiger partial charge in [0.2, 0.25) is 6.54 Å². The van der Waals surface area contributed by atoms with Crippen LogP contribution >= 0.6 is 0 Å². The lowest BCUT2D eigenvalue weighted by Crippen LogP contribution is -2.15. The number of hydrogen-bond donors (Lipinski definition) is 1. The number of nitrogens with zero attached hydrogens (tertiary/aromatic N) is 2. The number of methoxy groups -OCH3 is 1. The maximum atomic E-state index is 10.3. The van der Waals surface area contributed by atoms with Crippen molar-refractivity contribution in [2.24, 2.45) is 5.16 Å². The van der Waals surface area contributed by atoms with Gasteiger partial charge in [0.25, 0.3) is 0 Å². The molecule has 0 aliphatic rings. The van der Waals surface area contributed by atoms with Gasteiger partial charge in [-0.05, 0) is 24.3 Å². The standard InChI is InChI=1S/C9H10N2O4/c1-15-8-4-2-7(3-5-8)9(10-12)6-11(13)14/h2-5,12H,6H2,1H3/b10-9-. The Morgan fingerprint density at radius 1 is 1.53 bits per heavy atom.